The fraction of sp³-hybridized carbons (Fsp3) is 0.600. The molecule has 5 heteroatoms. The van der Waals surface area contributed by atoms with Crippen LogP contribution in [0.1, 0.15) is 6.92 Å². The van der Waals surface area contributed by atoms with Crippen molar-refractivity contribution in [1.29, 1.82) is 0 Å². The van der Waals surface area contributed by atoms with Crippen LogP contribution in [0.3, 0.4) is 0 Å². The van der Waals surface area contributed by atoms with Gasteiger partial charge in [0.25, 0.3) is 0 Å². The lowest BCUT2D eigenvalue weighted by atomic mass is 10.6. The van der Waals surface area contributed by atoms with Crippen molar-refractivity contribution in [3.63, 3.8) is 0 Å². The lowest BCUT2D eigenvalue weighted by molar-refractivity contribution is -0.141. The predicted molar refractivity (Wildman–Crippen MR) is 33.1 cm³/mol. The Morgan fingerprint density at radius 2 is 2.20 bits per heavy atom. The van der Waals surface area contributed by atoms with E-state index in [9.17, 15) is 9.59 Å². The van der Waals surface area contributed by atoms with Crippen molar-refractivity contribution < 1.29 is 14.3 Å². The number of hydrogen-bond acceptors (Lipinski definition) is 3. The summed E-state index contributed by atoms with van der Waals surface area (Å²) < 4.78 is 4.46. The van der Waals surface area contributed by atoms with Gasteiger partial charge in [-0.2, -0.15) is 0 Å². The zero-order chi connectivity index (χ0) is 7.98. The van der Waals surface area contributed by atoms with E-state index in [1.165, 1.54) is 0 Å². The van der Waals surface area contributed by atoms with Gasteiger partial charge in [0, 0.05) is 0 Å². The van der Waals surface area contributed by atoms with Crippen molar-refractivity contribution in [3.8, 4) is 0 Å². The molecular weight excluding hydrogens is 136 g/mol. The van der Waals surface area contributed by atoms with E-state index in [-0.39, 0.29) is 13.2 Å². The van der Waals surface area contributed by atoms with Gasteiger partial charge < -0.3 is 10.1 Å². The molecule has 2 N–H and O–H groups in total. The van der Waals surface area contributed by atoms with Crippen LogP contribution in [0.25, 0.3) is 0 Å². The van der Waals surface area contributed by atoms with E-state index >= 15 is 0 Å². The molecule has 0 saturated carbocycles. The smallest absolute Gasteiger partial charge is 0.334 e. The number of nitrogens with one attached hydrogen (secondary N) is 2. The third-order valence-electron chi connectivity index (χ3n) is 0.699. The summed E-state index contributed by atoms with van der Waals surface area (Å²) in [7, 11) is 0. The van der Waals surface area contributed by atoms with Gasteiger partial charge in [0.1, 0.15) is 6.54 Å². The number of esters is 1. The molecule has 0 aliphatic carbocycles. The molecule has 5 nitrogen and oxygen atoms in total. The number of carbonyl (C=O) groups is 2. The van der Waals surface area contributed by atoms with E-state index in [0.717, 1.165) is 0 Å². The number of urea groups is 1. The minimum atomic E-state index is -0.979. The highest BCUT2D eigenvalue weighted by molar-refractivity contribution is 5.79. The molecule has 0 aromatic carbocycles. The van der Waals surface area contributed by atoms with Crippen molar-refractivity contribution in [3.05, 3.63) is 0 Å². The fourth-order valence-corrected chi connectivity index (χ4v) is 0.364. The molecule has 0 aliphatic rings. The number of amides is 2. The molecule has 0 saturated heterocycles. The van der Waals surface area contributed by atoms with E-state index in [1.807, 2.05) is 5.32 Å². The zero-order valence-corrected chi connectivity index (χ0v) is 5.64. The van der Waals surface area contributed by atoms with Crippen molar-refractivity contribution >= 4 is 12.0 Å². The Balaban J connectivity index is 3.30. The lowest BCUT2D eigenvalue weighted by Gasteiger charge is -1.99. The number of hydrogen-bond donors (Lipinski definition) is 1. The van der Waals surface area contributed by atoms with Gasteiger partial charge in [-0.05, 0) is 6.92 Å². The molecule has 0 unspecified atom stereocenters. The van der Waals surface area contributed by atoms with Gasteiger partial charge in [-0.15, -0.1) is 0 Å². The van der Waals surface area contributed by atoms with Crippen LogP contribution in [-0.2, 0) is 9.53 Å². The first-order valence-electron chi connectivity index (χ1n) is 2.82. The molecule has 2 amide bonds. The second-order valence-electron chi connectivity index (χ2n) is 1.49. The maximum atomic E-state index is 10.4. The molecule has 0 aliphatic heterocycles. The maximum Gasteiger partial charge on any atom is 0.334 e. The van der Waals surface area contributed by atoms with Gasteiger partial charge >= 0.3 is 12.0 Å². The summed E-state index contributed by atoms with van der Waals surface area (Å²) in [4.78, 5) is 20.3. The van der Waals surface area contributed by atoms with Crippen molar-refractivity contribution in [2.45, 2.75) is 6.92 Å². The summed E-state index contributed by atoms with van der Waals surface area (Å²) >= 11 is 0. The largest absolute Gasteiger partial charge is 0.465 e. The van der Waals surface area contributed by atoms with Crippen LogP contribution in [0.5, 0.6) is 0 Å². The van der Waals surface area contributed by atoms with Crippen molar-refractivity contribution in [2.75, 3.05) is 13.2 Å². The summed E-state index contributed by atoms with van der Waals surface area (Å²) in [6.07, 6.45) is 0. The summed E-state index contributed by atoms with van der Waals surface area (Å²) in [6.45, 7) is 1.73. The third kappa shape index (κ3) is 4.89. The summed E-state index contributed by atoms with van der Waals surface area (Å²) in [5.41, 5.74) is 6.35. The zero-order valence-electron chi connectivity index (χ0n) is 5.64. The minimum absolute atomic E-state index is 0.226. The van der Waals surface area contributed by atoms with Crippen LogP contribution < -0.4 is 11.1 Å². The third-order valence-corrected chi connectivity index (χ3v) is 0.699. The van der Waals surface area contributed by atoms with Crippen LogP contribution in [0, 0.1) is 0 Å². The molecule has 0 spiro atoms. The molecular formula is C5H9N2O3. The summed E-state index contributed by atoms with van der Waals surface area (Å²) in [5.74, 6) is -0.525. The van der Waals surface area contributed by atoms with Gasteiger partial charge in [0.2, 0.25) is 0 Å². The van der Waals surface area contributed by atoms with Gasteiger partial charge in [-0.3, -0.25) is 4.79 Å². The second kappa shape index (κ2) is 4.60. The first-order valence-corrected chi connectivity index (χ1v) is 2.82. The average Bonchev–Trinajstić information content (AvgIpc) is 1.85. The van der Waals surface area contributed by atoms with Crippen LogP contribution in [0.2, 0.25) is 0 Å². The molecule has 0 aromatic rings. The Hall–Kier alpha value is -1.26. The molecule has 1 radical (unpaired) electrons. The van der Waals surface area contributed by atoms with E-state index in [4.69, 9.17) is 5.73 Å². The van der Waals surface area contributed by atoms with Crippen LogP contribution in [0.15, 0.2) is 0 Å². The van der Waals surface area contributed by atoms with Crippen molar-refractivity contribution in [1.82, 2.24) is 11.1 Å². The Morgan fingerprint density at radius 3 is 2.60 bits per heavy atom. The molecule has 0 fully saturated rings. The molecule has 0 bridgehead atoms. The van der Waals surface area contributed by atoms with Gasteiger partial charge in [-0.25, -0.2) is 10.5 Å². The maximum absolute atomic E-state index is 10.4. The highest BCUT2D eigenvalue weighted by Crippen LogP contribution is 1.73. The van der Waals surface area contributed by atoms with Crippen LogP contribution in [0.4, 0.5) is 4.79 Å². The highest BCUT2D eigenvalue weighted by Gasteiger charge is 2.01. The van der Waals surface area contributed by atoms with Gasteiger partial charge in [0.15, 0.2) is 0 Å². The molecule has 0 heterocycles. The normalized spacial score (nSPS) is 8.50. The van der Waals surface area contributed by atoms with E-state index in [0.29, 0.717) is 0 Å². The van der Waals surface area contributed by atoms with Gasteiger partial charge in [0.05, 0.1) is 6.61 Å². The van der Waals surface area contributed by atoms with Crippen molar-refractivity contribution in [2.24, 2.45) is 0 Å². The Kier molecular flexibility index (Phi) is 4.02. The monoisotopic (exact) mass is 145 g/mol. The first-order chi connectivity index (χ1) is 4.66. The lowest BCUT2D eigenvalue weighted by Crippen LogP contribution is -2.29. The molecule has 0 atom stereocenters. The number of rotatable bonds is 3. The SMILES string of the molecule is CCOC(=O)CNC([NH])=O. The topological polar surface area (TPSA) is 79.2 Å². The minimum Gasteiger partial charge on any atom is -0.465 e. The fourth-order valence-electron chi connectivity index (χ4n) is 0.364. The van der Waals surface area contributed by atoms with E-state index in [2.05, 4.69) is 4.74 Å². The Bertz CT molecular complexity index is 135. The summed E-state index contributed by atoms with van der Waals surface area (Å²) in [6, 6.07) is -0.979. The standard InChI is InChI=1S/C5H9N2O3/c1-2-10-4(8)3-7-5(6)9/h6H,2-3H2,1H3,(H,7,9). The van der Waals surface area contributed by atoms with Gasteiger partial charge in [-0.1, -0.05) is 0 Å². The highest BCUT2D eigenvalue weighted by atomic mass is 16.5. The molecule has 57 valence electrons. The molecule has 0 rings (SSSR count). The van der Waals surface area contributed by atoms with E-state index in [1.54, 1.807) is 6.92 Å². The van der Waals surface area contributed by atoms with Crippen LogP contribution >= 0.6 is 0 Å². The van der Waals surface area contributed by atoms with Crippen LogP contribution in [-0.4, -0.2) is 25.2 Å². The second-order valence-corrected chi connectivity index (χ2v) is 1.49. The Morgan fingerprint density at radius 1 is 1.60 bits per heavy atom. The predicted octanol–water partition coefficient (Wildman–Crippen LogP) is -0.458. The molecule has 10 heavy (non-hydrogen) atoms. The quantitative estimate of drug-likeness (QED) is 0.546. The first kappa shape index (κ1) is 8.74. The average molecular weight is 145 g/mol. The Labute approximate surface area is 58.5 Å². The summed E-state index contributed by atoms with van der Waals surface area (Å²) in [5, 5.41) is 1.98. The molecule has 0 aromatic heterocycles. The number of ether oxygens (including phenoxy) is 1. The number of carbonyl (C=O) groups excluding carboxylic acids is 2. The van der Waals surface area contributed by atoms with E-state index < -0.39 is 12.0 Å².